The molecule has 3 aliphatic heterocycles. The molecule has 5 aliphatic rings. The Morgan fingerprint density at radius 1 is 0.867 bits per heavy atom. The van der Waals surface area contributed by atoms with Gasteiger partial charge in [0.25, 0.3) is 5.91 Å². The lowest BCUT2D eigenvalue weighted by atomic mass is 9.91. The summed E-state index contributed by atoms with van der Waals surface area (Å²) in [7, 11) is 2.00. The van der Waals surface area contributed by atoms with E-state index in [9.17, 15) is 14.4 Å². The minimum Gasteiger partial charge on any atom is -0.489 e. The Balaban J connectivity index is 0.668. The fourth-order valence-corrected chi connectivity index (χ4v) is 9.39. The first-order valence-corrected chi connectivity index (χ1v) is 22.1. The van der Waals surface area contributed by atoms with E-state index in [0.29, 0.717) is 47.4 Å². The maximum atomic E-state index is 13.2. The van der Waals surface area contributed by atoms with Gasteiger partial charge < -0.3 is 20.3 Å². The van der Waals surface area contributed by atoms with E-state index >= 15 is 0 Å². The van der Waals surface area contributed by atoms with Gasteiger partial charge in [-0.2, -0.15) is 5.10 Å². The molecule has 15 heteroatoms. The number of halogens is 1. The van der Waals surface area contributed by atoms with Gasteiger partial charge in [0.05, 0.1) is 29.7 Å². The second kappa shape index (κ2) is 18.0. The molecule has 2 saturated heterocycles. The number of carbonyl (C=O) groups is 3. The van der Waals surface area contributed by atoms with E-state index in [1.54, 1.807) is 17.2 Å². The summed E-state index contributed by atoms with van der Waals surface area (Å²) in [6.45, 7) is 7.89. The van der Waals surface area contributed by atoms with Crippen molar-refractivity contribution in [3.8, 4) is 17.0 Å². The first-order valence-electron chi connectivity index (χ1n) is 21.7. The first kappa shape index (κ1) is 40.5. The zero-order valence-corrected chi connectivity index (χ0v) is 35.1. The van der Waals surface area contributed by atoms with E-state index in [2.05, 4.69) is 60.1 Å². The summed E-state index contributed by atoms with van der Waals surface area (Å²) in [6, 6.07) is 14.3. The van der Waals surface area contributed by atoms with Crippen molar-refractivity contribution in [2.24, 2.45) is 13.0 Å². The maximum Gasteiger partial charge on any atom is 0.255 e. The van der Waals surface area contributed by atoms with Crippen LogP contribution in [0.3, 0.4) is 0 Å². The highest BCUT2D eigenvalue weighted by molar-refractivity contribution is 6.33. The van der Waals surface area contributed by atoms with Crippen LogP contribution < -0.4 is 20.7 Å². The largest absolute Gasteiger partial charge is 0.489 e. The summed E-state index contributed by atoms with van der Waals surface area (Å²) < 4.78 is 8.19. The lowest BCUT2D eigenvalue weighted by Crippen LogP contribution is -2.52. The van der Waals surface area contributed by atoms with Crippen LogP contribution in [0.5, 0.6) is 5.75 Å². The molecule has 3 N–H and O–H groups in total. The van der Waals surface area contributed by atoms with Crippen molar-refractivity contribution in [3.05, 3.63) is 87.8 Å². The van der Waals surface area contributed by atoms with Gasteiger partial charge in [0.2, 0.25) is 17.8 Å². The van der Waals surface area contributed by atoms with Crippen LogP contribution >= 0.6 is 11.6 Å². The average Bonchev–Trinajstić information content (AvgIpc) is 3.93. The first-order chi connectivity index (χ1) is 29.2. The summed E-state index contributed by atoms with van der Waals surface area (Å²) in [4.78, 5) is 53.3. The van der Waals surface area contributed by atoms with Gasteiger partial charge in [0.15, 0.2) is 0 Å². The number of aromatic nitrogens is 4. The number of ether oxygens (including phenoxy) is 1. The topological polar surface area (TPSA) is 150 Å². The Kier molecular flexibility index (Phi) is 12.1. The van der Waals surface area contributed by atoms with Crippen LogP contribution in [0.1, 0.15) is 84.1 Å². The fourth-order valence-electron chi connectivity index (χ4n) is 9.20. The van der Waals surface area contributed by atoms with Gasteiger partial charge in [-0.05, 0) is 80.5 Å². The molecule has 3 amide bonds. The van der Waals surface area contributed by atoms with Gasteiger partial charge in [-0.25, -0.2) is 9.97 Å². The van der Waals surface area contributed by atoms with Crippen LogP contribution in [0, 0.1) is 5.92 Å². The summed E-state index contributed by atoms with van der Waals surface area (Å²) in [5, 5.41) is 14.9. The zero-order chi connectivity index (χ0) is 41.2. The molecular formula is C45H55ClN10O4. The molecule has 1 atom stereocenters. The third kappa shape index (κ3) is 9.36. The maximum absolute atomic E-state index is 13.2. The molecule has 4 aromatic rings. The van der Waals surface area contributed by atoms with Crippen LogP contribution in [0.15, 0.2) is 54.9 Å². The Bertz CT molecular complexity index is 2190. The van der Waals surface area contributed by atoms with Crippen molar-refractivity contribution >= 4 is 35.3 Å². The SMILES string of the molecule is Cn1ncc(-c2nc(NC3CCC(NCCN4CCN(Cc5ccc(COc6cccc7c6CN([C@H]6CCC(=O)NC6=O)C7=O)cc5)CC4)CC3)ncc2Cl)c1CC1CC1. The van der Waals surface area contributed by atoms with E-state index < -0.39 is 11.9 Å². The summed E-state index contributed by atoms with van der Waals surface area (Å²) in [5.41, 5.74) is 6.64. The Hall–Kier alpha value is -4.89. The van der Waals surface area contributed by atoms with Gasteiger partial charge in [0.1, 0.15) is 18.4 Å². The van der Waals surface area contributed by atoms with Gasteiger partial charge >= 0.3 is 0 Å². The number of benzene rings is 2. The molecule has 2 saturated carbocycles. The van der Waals surface area contributed by atoms with Crippen LogP contribution in [-0.2, 0) is 42.8 Å². The lowest BCUT2D eigenvalue weighted by Gasteiger charge is -2.35. The highest BCUT2D eigenvalue weighted by Crippen LogP contribution is 2.37. The predicted octanol–water partition coefficient (Wildman–Crippen LogP) is 4.95. The lowest BCUT2D eigenvalue weighted by molar-refractivity contribution is -0.136. The van der Waals surface area contributed by atoms with Gasteiger partial charge in [-0.1, -0.05) is 41.9 Å². The molecule has 4 fully saturated rings. The molecule has 316 valence electrons. The molecule has 0 unspecified atom stereocenters. The molecule has 2 aromatic heterocycles. The predicted molar refractivity (Wildman–Crippen MR) is 228 cm³/mol. The van der Waals surface area contributed by atoms with E-state index in [0.717, 1.165) is 106 Å². The van der Waals surface area contributed by atoms with E-state index in [1.807, 2.05) is 30.1 Å². The standard InChI is InChI=1S/C45H55ClN10O4/c1-53-39(23-29-5-6-29)35(24-49-53)42-37(46)25-48-45(52-42)50-33-13-11-32(12-14-33)47-17-18-54-19-21-55(22-20-54)26-30-7-9-31(10-8-30)28-60-40-4-2-3-34-36(40)27-56(44(34)59)38-15-16-41(57)51-43(38)58/h2-4,7-10,24-25,29,32-33,38,47H,5-6,11-23,26-28H2,1H3,(H,48,50,52)(H,51,57,58)/t32?,33?,38-/m0/s1. The van der Waals surface area contributed by atoms with Crippen molar-refractivity contribution < 1.29 is 19.1 Å². The van der Waals surface area contributed by atoms with Crippen LogP contribution in [0.2, 0.25) is 5.02 Å². The number of amides is 3. The summed E-state index contributed by atoms with van der Waals surface area (Å²) in [6.07, 6.45) is 12.2. The Morgan fingerprint density at radius 2 is 1.62 bits per heavy atom. The van der Waals surface area contributed by atoms with E-state index in [4.69, 9.17) is 21.3 Å². The van der Waals surface area contributed by atoms with Crippen molar-refractivity contribution in [1.82, 2.24) is 45.1 Å². The quantitative estimate of drug-likeness (QED) is 0.140. The van der Waals surface area contributed by atoms with Crippen molar-refractivity contribution in [2.75, 3.05) is 44.6 Å². The molecule has 60 heavy (non-hydrogen) atoms. The number of piperazine rings is 1. The smallest absolute Gasteiger partial charge is 0.255 e. The zero-order valence-electron chi connectivity index (χ0n) is 34.4. The second-order valence-electron chi connectivity index (χ2n) is 17.2. The molecule has 2 aliphatic carbocycles. The number of hydrogen-bond donors (Lipinski definition) is 3. The molecule has 0 bridgehead atoms. The summed E-state index contributed by atoms with van der Waals surface area (Å²) >= 11 is 6.61. The number of nitrogens with zero attached hydrogens (tertiary/aromatic N) is 7. The number of aryl methyl sites for hydroxylation is 1. The monoisotopic (exact) mass is 834 g/mol. The number of piperidine rings is 1. The highest BCUT2D eigenvalue weighted by Gasteiger charge is 2.40. The second-order valence-corrected chi connectivity index (χ2v) is 17.6. The van der Waals surface area contributed by atoms with Gasteiger partial charge in [-0.15, -0.1) is 0 Å². The van der Waals surface area contributed by atoms with Gasteiger partial charge in [-0.3, -0.25) is 34.2 Å². The molecular weight excluding hydrogens is 780 g/mol. The van der Waals surface area contributed by atoms with Crippen LogP contribution in [0.25, 0.3) is 11.3 Å². The normalized spacial score (nSPS) is 22.5. The number of fused-ring (bicyclic) bond motifs is 1. The molecule has 14 nitrogen and oxygen atoms in total. The average molecular weight is 835 g/mol. The Morgan fingerprint density at radius 3 is 2.38 bits per heavy atom. The van der Waals surface area contributed by atoms with E-state index in [1.165, 1.54) is 24.1 Å². The summed E-state index contributed by atoms with van der Waals surface area (Å²) in [5.74, 6) is 1.12. The van der Waals surface area contributed by atoms with E-state index in [-0.39, 0.29) is 24.8 Å². The van der Waals surface area contributed by atoms with Gasteiger partial charge in [0, 0.05) is 93.7 Å². The fraction of sp³-hybridized carbons (Fsp3) is 0.511. The number of carbonyl (C=O) groups excluding carboxylic acids is 3. The molecule has 0 radical (unpaired) electrons. The number of anilines is 1. The van der Waals surface area contributed by atoms with Crippen molar-refractivity contribution in [3.63, 3.8) is 0 Å². The highest BCUT2D eigenvalue weighted by atomic mass is 35.5. The van der Waals surface area contributed by atoms with Crippen LogP contribution in [-0.4, -0.2) is 110 Å². The number of imide groups is 1. The minimum atomic E-state index is -0.648. The van der Waals surface area contributed by atoms with Crippen molar-refractivity contribution in [2.45, 2.75) is 95.6 Å². The van der Waals surface area contributed by atoms with Crippen molar-refractivity contribution in [1.29, 1.82) is 0 Å². The molecule has 2 aromatic carbocycles. The minimum absolute atomic E-state index is 0.200. The number of nitrogens with one attached hydrogen (secondary N) is 3. The third-order valence-electron chi connectivity index (χ3n) is 13.0. The van der Waals surface area contributed by atoms with Crippen LogP contribution in [0.4, 0.5) is 5.95 Å². The molecule has 9 rings (SSSR count). The number of hydrogen-bond acceptors (Lipinski definition) is 11. The Labute approximate surface area is 356 Å². The molecule has 5 heterocycles. The number of rotatable bonds is 15. The third-order valence-corrected chi connectivity index (χ3v) is 13.3. The molecule has 0 spiro atoms.